The van der Waals surface area contributed by atoms with Crippen molar-refractivity contribution in [2.45, 2.75) is 19.9 Å². The topological polar surface area (TPSA) is 41.1 Å². The average Bonchev–Trinajstić information content (AvgIpc) is 2.34. The molecule has 0 saturated carbocycles. The van der Waals surface area contributed by atoms with Gasteiger partial charge >= 0.3 is 0 Å². The first-order chi connectivity index (χ1) is 4.74. The van der Waals surface area contributed by atoms with Crippen LogP contribution >= 0.6 is 0 Å². The Morgan fingerprint density at radius 1 is 1.70 bits per heavy atom. The SMILES string of the molecule is CC(C)C1=CC(C=O)NN1. The molecule has 3 nitrogen and oxygen atoms in total. The van der Waals surface area contributed by atoms with E-state index in [2.05, 4.69) is 24.7 Å². The van der Waals surface area contributed by atoms with Gasteiger partial charge in [-0.25, -0.2) is 5.43 Å². The van der Waals surface area contributed by atoms with Gasteiger partial charge in [0.2, 0.25) is 0 Å². The molecule has 1 unspecified atom stereocenters. The summed E-state index contributed by atoms with van der Waals surface area (Å²) in [7, 11) is 0. The van der Waals surface area contributed by atoms with Gasteiger partial charge in [-0.1, -0.05) is 13.8 Å². The third-order valence-electron chi connectivity index (χ3n) is 1.51. The fraction of sp³-hybridized carbons (Fsp3) is 0.571. The van der Waals surface area contributed by atoms with Gasteiger partial charge in [-0.2, -0.15) is 0 Å². The Morgan fingerprint density at radius 2 is 2.40 bits per heavy atom. The molecule has 1 aliphatic rings. The van der Waals surface area contributed by atoms with Crippen molar-refractivity contribution in [3.05, 3.63) is 11.8 Å². The van der Waals surface area contributed by atoms with Crippen LogP contribution in [0, 0.1) is 5.92 Å². The van der Waals surface area contributed by atoms with Gasteiger partial charge in [0, 0.05) is 5.70 Å². The molecular formula is C7H12N2O. The molecule has 56 valence electrons. The van der Waals surface area contributed by atoms with Crippen molar-refractivity contribution in [1.82, 2.24) is 10.9 Å². The molecule has 1 atom stereocenters. The molecule has 1 aliphatic heterocycles. The van der Waals surface area contributed by atoms with Crippen LogP contribution in [0.5, 0.6) is 0 Å². The van der Waals surface area contributed by atoms with Crippen molar-refractivity contribution in [2.75, 3.05) is 0 Å². The molecule has 0 fully saturated rings. The standard InChI is InChI=1S/C7H12N2O/c1-5(2)7-3-6(4-10)8-9-7/h3-6,8-9H,1-2H3. The van der Waals surface area contributed by atoms with Gasteiger partial charge in [0.25, 0.3) is 0 Å². The molecule has 0 aromatic rings. The molecule has 0 aliphatic carbocycles. The fourth-order valence-electron chi connectivity index (χ4n) is 0.854. The van der Waals surface area contributed by atoms with Crippen LogP contribution in [0.1, 0.15) is 13.8 Å². The Balaban J connectivity index is 2.56. The van der Waals surface area contributed by atoms with Crippen molar-refractivity contribution in [3.8, 4) is 0 Å². The van der Waals surface area contributed by atoms with E-state index < -0.39 is 0 Å². The van der Waals surface area contributed by atoms with Crippen LogP contribution in [0.25, 0.3) is 0 Å². The highest BCUT2D eigenvalue weighted by molar-refractivity contribution is 5.62. The minimum atomic E-state index is -0.141. The molecule has 0 aromatic heterocycles. The van der Waals surface area contributed by atoms with E-state index in [0.717, 1.165) is 12.0 Å². The summed E-state index contributed by atoms with van der Waals surface area (Å²) >= 11 is 0. The van der Waals surface area contributed by atoms with E-state index >= 15 is 0 Å². The molecule has 2 N–H and O–H groups in total. The van der Waals surface area contributed by atoms with Gasteiger partial charge < -0.3 is 10.2 Å². The summed E-state index contributed by atoms with van der Waals surface area (Å²) in [6.07, 6.45) is 2.78. The number of rotatable bonds is 2. The number of hydrogen-bond donors (Lipinski definition) is 2. The second-order valence-electron chi connectivity index (χ2n) is 2.71. The molecule has 0 spiro atoms. The molecule has 1 rings (SSSR count). The molecule has 0 radical (unpaired) electrons. The van der Waals surface area contributed by atoms with Crippen molar-refractivity contribution < 1.29 is 4.79 Å². The van der Waals surface area contributed by atoms with Crippen LogP contribution in [0.4, 0.5) is 0 Å². The van der Waals surface area contributed by atoms with Gasteiger partial charge in [-0.05, 0) is 12.0 Å². The van der Waals surface area contributed by atoms with Crippen LogP contribution in [0.15, 0.2) is 11.8 Å². The summed E-state index contributed by atoms with van der Waals surface area (Å²) in [5, 5.41) is 0. The average molecular weight is 140 g/mol. The molecule has 0 saturated heterocycles. The predicted octanol–water partition coefficient (Wildman–Crippen LogP) is 0.202. The highest BCUT2D eigenvalue weighted by Gasteiger charge is 2.14. The Hall–Kier alpha value is -0.830. The number of aldehydes is 1. The van der Waals surface area contributed by atoms with E-state index in [1.807, 2.05) is 6.08 Å². The lowest BCUT2D eigenvalue weighted by molar-refractivity contribution is -0.108. The number of carbonyl (C=O) groups excluding carboxylic acids is 1. The first-order valence-electron chi connectivity index (χ1n) is 3.42. The summed E-state index contributed by atoms with van der Waals surface area (Å²) < 4.78 is 0. The molecule has 0 bridgehead atoms. The van der Waals surface area contributed by atoms with Crippen LogP contribution < -0.4 is 10.9 Å². The number of nitrogens with one attached hydrogen (secondary N) is 2. The van der Waals surface area contributed by atoms with E-state index in [0.29, 0.717) is 5.92 Å². The largest absolute Gasteiger partial charge is 0.325 e. The smallest absolute Gasteiger partial charge is 0.142 e. The van der Waals surface area contributed by atoms with Gasteiger partial charge in [0.05, 0.1) is 0 Å². The highest BCUT2D eigenvalue weighted by atomic mass is 16.1. The molecule has 10 heavy (non-hydrogen) atoms. The van der Waals surface area contributed by atoms with Crippen LogP contribution in [0.3, 0.4) is 0 Å². The van der Waals surface area contributed by atoms with E-state index in [1.165, 1.54) is 0 Å². The van der Waals surface area contributed by atoms with E-state index in [-0.39, 0.29) is 6.04 Å². The van der Waals surface area contributed by atoms with Crippen LogP contribution in [-0.4, -0.2) is 12.3 Å². The summed E-state index contributed by atoms with van der Waals surface area (Å²) in [6.45, 7) is 4.15. The third kappa shape index (κ3) is 1.36. The van der Waals surface area contributed by atoms with Crippen LogP contribution in [0.2, 0.25) is 0 Å². The highest BCUT2D eigenvalue weighted by Crippen LogP contribution is 2.09. The third-order valence-corrected chi connectivity index (χ3v) is 1.51. The van der Waals surface area contributed by atoms with E-state index in [4.69, 9.17) is 0 Å². The summed E-state index contributed by atoms with van der Waals surface area (Å²) in [5.74, 6) is 0.456. The number of allylic oxidation sites excluding steroid dienone is 1. The van der Waals surface area contributed by atoms with Gasteiger partial charge in [-0.15, -0.1) is 0 Å². The first-order valence-corrected chi connectivity index (χ1v) is 3.42. The first kappa shape index (κ1) is 7.28. The Labute approximate surface area is 60.5 Å². The van der Waals surface area contributed by atoms with E-state index in [1.54, 1.807) is 0 Å². The Morgan fingerprint density at radius 3 is 2.70 bits per heavy atom. The number of carbonyl (C=O) groups is 1. The second-order valence-corrected chi connectivity index (χ2v) is 2.71. The van der Waals surface area contributed by atoms with Gasteiger partial charge in [0.1, 0.15) is 12.3 Å². The summed E-state index contributed by atoms with van der Waals surface area (Å²) in [5.41, 5.74) is 6.86. The number of hydrazine groups is 1. The second kappa shape index (κ2) is 2.84. The van der Waals surface area contributed by atoms with Gasteiger partial charge in [0.15, 0.2) is 0 Å². The maximum atomic E-state index is 10.2. The minimum absolute atomic E-state index is 0.141. The Kier molecular flexibility index (Phi) is 2.06. The zero-order valence-electron chi connectivity index (χ0n) is 6.22. The Bertz CT molecular complexity index is 163. The quantitative estimate of drug-likeness (QED) is 0.538. The monoisotopic (exact) mass is 140 g/mol. The van der Waals surface area contributed by atoms with Crippen molar-refractivity contribution >= 4 is 6.29 Å². The summed E-state index contributed by atoms with van der Waals surface area (Å²) in [6, 6.07) is -0.141. The maximum absolute atomic E-state index is 10.2. The fourth-order valence-corrected chi connectivity index (χ4v) is 0.854. The van der Waals surface area contributed by atoms with Gasteiger partial charge in [-0.3, -0.25) is 0 Å². The lowest BCUT2D eigenvalue weighted by atomic mass is 10.1. The molecular weight excluding hydrogens is 128 g/mol. The molecule has 0 amide bonds. The minimum Gasteiger partial charge on any atom is -0.325 e. The summed E-state index contributed by atoms with van der Waals surface area (Å²) in [4.78, 5) is 10.2. The van der Waals surface area contributed by atoms with E-state index in [9.17, 15) is 4.79 Å². The maximum Gasteiger partial charge on any atom is 0.142 e. The number of hydrogen-bond acceptors (Lipinski definition) is 3. The lowest BCUT2D eigenvalue weighted by Crippen LogP contribution is -2.33. The van der Waals surface area contributed by atoms with Crippen molar-refractivity contribution in [3.63, 3.8) is 0 Å². The normalized spacial score (nSPS) is 24.3. The lowest BCUT2D eigenvalue weighted by Gasteiger charge is -2.05. The zero-order valence-corrected chi connectivity index (χ0v) is 6.22. The molecule has 3 heteroatoms. The predicted molar refractivity (Wildman–Crippen MR) is 39.0 cm³/mol. The van der Waals surface area contributed by atoms with Crippen molar-refractivity contribution in [2.24, 2.45) is 5.92 Å². The van der Waals surface area contributed by atoms with Crippen LogP contribution in [-0.2, 0) is 4.79 Å². The molecule has 1 heterocycles. The molecule has 0 aromatic carbocycles. The zero-order chi connectivity index (χ0) is 7.56. The van der Waals surface area contributed by atoms with Crippen molar-refractivity contribution in [1.29, 1.82) is 0 Å².